The van der Waals surface area contributed by atoms with Gasteiger partial charge in [-0.3, -0.25) is 14.9 Å². The van der Waals surface area contributed by atoms with Gasteiger partial charge in [0.1, 0.15) is 0 Å². The zero-order chi connectivity index (χ0) is 13.1. The molecule has 1 rings (SSSR count). The number of Topliss-reactive ketones (excluding diaryl/α,β-unsaturated/α-hetero) is 1. The zero-order valence-electron chi connectivity index (χ0n) is 9.45. The number of hydrogen-bond donors (Lipinski definition) is 0. The third kappa shape index (κ3) is 2.43. The summed E-state index contributed by atoms with van der Waals surface area (Å²) in [7, 11) is 0. The minimum absolute atomic E-state index is 0.128. The Labute approximate surface area is 97.7 Å². The molecule has 88 valence electrons. The maximum Gasteiger partial charge on any atom is 0.324 e. The standard InChI is InChI=1S/C11H11N3O3/c1-11(2,10(15)7-13-12)8-5-3-4-6-9(8)14(16)17/h3-7H,1-2H3. The number of hydrogen-bond acceptors (Lipinski definition) is 3. The molecular formula is C11H11N3O3. The second-order valence-corrected chi connectivity index (χ2v) is 4.01. The highest BCUT2D eigenvalue weighted by Gasteiger charge is 2.36. The molecule has 0 saturated carbocycles. The van der Waals surface area contributed by atoms with Gasteiger partial charge in [0.15, 0.2) is 0 Å². The Hall–Kier alpha value is -2.33. The highest BCUT2D eigenvalue weighted by atomic mass is 16.6. The minimum Gasteiger partial charge on any atom is -0.361 e. The lowest BCUT2D eigenvalue weighted by molar-refractivity contribution is -0.385. The van der Waals surface area contributed by atoms with Crippen molar-refractivity contribution >= 4 is 17.7 Å². The Kier molecular flexibility index (Phi) is 3.50. The van der Waals surface area contributed by atoms with Crippen LogP contribution in [0.3, 0.4) is 0 Å². The van der Waals surface area contributed by atoms with Gasteiger partial charge >= 0.3 is 6.21 Å². The van der Waals surface area contributed by atoms with Crippen molar-refractivity contribution in [2.75, 3.05) is 0 Å². The number of ketones is 1. The van der Waals surface area contributed by atoms with E-state index >= 15 is 0 Å². The highest BCUT2D eigenvalue weighted by Crippen LogP contribution is 2.31. The van der Waals surface area contributed by atoms with Gasteiger partial charge in [0.2, 0.25) is 5.78 Å². The predicted octanol–water partition coefficient (Wildman–Crippen LogP) is 1.74. The summed E-state index contributed by atoms with van der Waals surface area (Å²) < 4.78 is 0. The van der Waals surface area contributed by atoms with E-state index in [1.807, 2.05) is 0 Å². The third-order valence-electron chi connectivity index (χ3n) is 2.57. The summed E-state index contributed by atoms with van der Waals surface area (Å²) in [5.74, 6) is -0.505. The number of carbonyl (C=O) groups is 1. The number of benzene rings is 1. The first-order valence-corrected chi connectivity index (χ1v) is 4.87. The lowest BCUT2D eigenvalue weighted by atomic mass is 9.80. The molecule has 0 amide bonds. The number of para-hydroxylation sites is 1. The van der Waals surface area contributed by atoms with E-state index in [-0.39, 0.29) is 11.3 Å². The minimum atomic E-state index is -1.12. The van der Waals surface area contributed by atoms with Gasteiger partial charge in [0, 0.05) is 11.6 Å². The van der Waals surface area contributed by atoms with Gasteiger partial charge < -0.3 is 5.53 Å². The molecule has 17 heavy (non-hydrogen) atoms. The van der Waals surface area contributed by atoms with Gasteiger partial charge in [-0.05, 0) is 13.8 Å². The number of carbonyl (C=O) groups excluding carboxylic acids is 1. The summed E-state index contributed by atoms with van der Waals surface area (Å²) in [5.41, 5.74) is 7.38. The summed E-state index contributed by atoms with van der Waals surface area (Å²) in [6.45, 7) is 3.08. The molecule has 6 heteroatoms. The maximum absolute atomic E-state index is 11.7. The van der Waals surface area contributed by atoms with E-state index in [0.717, 1.165) is 6.21 Å². The van der Waals surface area contributed by atoms with E-state index < -0.39 is 16.1 Å². The van der Waals surface area contributed by atoms with Crippen molar-refractivity contribution in [3.05, 3.63) is 45.5 Å². The molecule has 0 fully saturated rings. The van der Waals surface area contributed by atoms with Crippen LogP contribution >= 0.6 is 0 Å². The van der Waals surface area contributed by atoms with Crippen LogP contribution in [-0.2, 0) is 10.2 Å². The van der Waals surface area contributed by atoms with Gasteiger partial charge in [0.25, 0.3) is 5.69 Å². The Morgan fingerprint density at radius 2 is 2.06 bits per heavy atom. The molecule has 0 atom stereocenters. The monoisotopic (exact) mass is 233 g/mol. The smallest absolute Gasteiger partial charge is 0.324 e. The molecule has 0 aliphatic carbocycles. The van der Waals surface area contributed by atoms with Crippen LogP contribution in [0.5, 0.6) is 0 Å². The first kappa shape index (κ1) is 12.7. The molecule has 0 heterocycles. The van der Waals surface area contributed by atoms with Gasteiger partial charge in [-0.15, -0.1) is 0 Å². The molecule has 6 nitrogen and oxygen atoms in total. The lowest BCUT2D eigenvalue weighted by Gasteiger charge is -2.19. The molecule has 0 aromatic heterocycles. The van der Waals surface area contributed by atoms with E-state index in [0.29, 0.717) is 0 Å². The molecular weight excluding hydrogens is 222 g/mol. The SMILES string of the molecule is CC(C)(C(=O)C=[N+]=[N-])c1ccccc1[N+](=O)[O-]. The van der Waals surface area contributed by atoms with Crippen molar-refractivity contribution in [3.8, 4) is 0 Å². The zero-order valence-corrected chi connectivity index (χ0v) is 9.45. The van der Waals surface area contributed by atoms with Gasteiger partial charge in [-0.2, -0.15) is 4.79 Å². The van der Waals surface area contributed by atoms with Crippen LogP contribution in [0.25, 0.3) is 5.53 Å². The van der Waals surface area contributed by atoms with E-state index in [1.165, 1.54) is 18.2 Å². The second-order valence-electron chi connectivity index (χ2n) is 4.01. The number of nitro benzene ring substituents is 1. The maximum atomic E-state index is 11.7. The molecule has 0 aliphatic heterocycles. The summed E-state index contributed by atoms with van der Waals surface area (Å²) in [5, 5.41) is 10.9. The van der Waals surface area contributed by atoms with Gasteiger partial charge in [-0.1, -0.05) is 18.2 Å². The fourth-order valence-electron chi connectivity index (χ4n) is 1.51. The van der Waals surface area contributed by atoms with Crippen molar-refractivity contribution in [2.45, 2.75) is 19.3 Å². The molecule has 0 aliphatic rings. The third-order valence-corrected chi connectivity index (χ3v) is 2.57. The van der Waals surface area contributed by atoms with Gasteiger partial charge in [-0.25, -0.2) is 0 Å². The van der Waals surface area contributed by atoms with E-state index in [1.54, 1.807) is 19.9 Å². The number of rotatable bonds is 4. The summed E-state index contributed by atoms with van der Waals surface area (Å²) >= 11 is 0. The fraction of sp³-hybridized carbons (Fsp3) is 0.273. The Morgan fingerprint density at radius 3 is 2.59 bits per heavy atom. The van der Waals surface area contributed by atoms with Crippen molar-refractivity contribution < 1.29 is 14.5 Å². The van der Waals surface area contributed by atoms with E-state index in [4.69, 9.17) is 5.53 Å². The van der Waals surface area contributed by atoms with E-state index in [2.05, 4.69) is 4.79 Å². The predicted molar refractivity (Wildman–Crippen MR) is 60.8 cm³/mol. The van der Waals surface area contributed by atoms with Crippen molar-refractivity contribution in [2.24, 2.45) is 0 Å². The van der Waals surface area contributed by atoms with Crippen LogP contribution in [0.15, 0.2) is 24.3 Å². The average Bonchev–Trinajstić information content (AvgIpc) is 2.29. The molecule has 0 spiro atoms. The first-order chi connectivity index (χ1) is 7.91. The van der Waals surface area contributed by atoms with Crippen LogP contribution < -0.4 is 0 Å². The van der Waals surface area contributed by atoms with Crippen molar-refractivity contribution in [1.29, 1.82) is 0 Å². The Balaban J connectivity index is 3.37. The van der Waals surface area contributed by atoms with Crippen molar-refractivity contribution in [1.82, 2.24) is 0 Å². The van der Waals surface area contributed by atoms with Crippen LogP contribution in [-0.4, -0.2) is 21.7 Å². The summed E-state index contributed by atoms with van der Waals surface area (Å²) in [4.78, 5) is 24.7. The lowest BCUT2D eigenvalue weighted by Crippen LogP contribution is -2.31. The summed E-state index contributed by atoms with van der Waals surface area (Å²) in [6, 6.07) is 6.00. The molecule has 0 unspecified atom stereocenters. The molecule has 0 saturated heterocycles. The molecule has 0 radical (unpaired) electrons. The molecule has 0 N–H and O–H groups in total. The van der Waals surface area contributed by atoms with Crippen LogP contribution in [0.2, 0.25) is 0 Å². The fourth-order valence-corrected chi connectivity index (χ4v) is 1.51. The van der Waals surface area contributed by atoms with Crippen LogP contribution in [0, 0.1) is 10.1 Å². The second kappa shape index (κ2) is 4.67. The van der Waals surface area contributed by atoms with E-state index in [9.17, 15) is 14.9 Å². The Morgan fingerprint density at radius 1 is 1.47 bits per heavy atom. The average molecular weight is 233 g/mol. The topological polar surface area (TPSA) is 96.6 Å². The van der Waals surface area contributed by atoms with Crippen LogP contribution in [0.4, 0.5) is 5.69 Å². The molecule has 1 aromatic rings. The highest BCUT2D eigenvalue weighted by molar-refractivity contribution is 6.29. The summed E-state index contributed by atoms with van der Waals surface area (Å²) in [6.07, 6.45) is 0.747. The number of nitrogens with zero attached hydrogens (tertiary/aromatic N) is 3. The first-order valence-electron chi connectivity index (χ1n) is 4.87. The van der Waals surface area contributed by atoms with Crippen LogP contribution in [0.1, 0.15) is 19.4 Å². The molecule has 0 bridgehead atoms. The largest absolute Gasteiger partial charge is 0.361 e. The van der Waals surface area contributed by atoms with Crippen molar-refractivity contribution in [3.63, 3.8) is 0 Å². The normalized spacial score (nSPS) is 10.5. The Bertz CT molecular complexity index is 516. The number of nitro groups is 1. The quantitative estimate of drug-likeness (QED) is 0.260. The molecule has 1 aromatic carbocycles. The van der Waals surface area contributed by atoms with Gasteiger partial charge in [0.05, 0.1) is 10.3 Å².